The number of halogens is 1. The molecule has 1 aromatic rings. The Morgan fingerprint density at radius 3 is 2.93 bits per heavy atom. The van der Waals surface area contributed by atoms with Crippen LogP contribution in [-0.4, -0.2) is 16.9 Å². The molecule has 0 saturated heterocycles. The van der Waals surface area contributed by atoms with E-state index >= 15 is 0 Å². The Morgan fingerprint density at radius 2 is 2.27 bits per heavy atom. The van der Waals surface area contributed by atoms with Crippen LogP contribution in [0.2, 0.25) is 0 Å². The van der Waals surface area contributed by atoms with Crippen molar-refractivity contribution >= 4 is 27.7 Å². The van der Waals surface area contributed by atoms with Gasteiger partial charge in [0.15, 0.2) is 0 Å². The molecule has 0 aliphatic carbocycles. The summed E-state index contributed by atoms with van der Waals surface area (Å²) in [4.78, 5) is 12.4. The summed E-state index contributed by atoms with van der Waals surface area (Å²) in [5, 5.41) is 10.8. The first-order valence-electron chi connectivity index (χ1n) is 4.44. The van der Waals surface area contributed by atoms with Gasteiger partial charge in [-0.15, -0.1) is 0 Å². The molecule has 0 radical (unpaired) electrons. The van der Waals surface area contributed by atoms with Crippen molar-refractivity contribution in [2.45, 2.75) is 6.54 Å². The number of hydrogen-bond donors (Lipinski definition) is 0. The summed E-state index contributed by atoms with van der Waals surface area (Å²) in [5.74, 6) is 0. The Morgan fingerprint density at radius 1 is 1.53 bits per heavy atom. The summed E-state index contributed by atoms with van der Waals surface area (Å²) in [6, 6.07) is 3.25. The molecular weight excluding hydrogens is 260 g/mol. The second-order valence-electron chi connectivity index (χ2n) is 3.45. The standard InChI is InChI=1S/C10H9BrN2O2/c1-12-5-4-7-8(6-12)10(13(14)15)3-2-9(7)11/h2-5H,6H2,1H3. The topological polar surface area (TPSA) is 46.4 Å². The molecule has 0 atom stereocenters. The molecule has 1 heterocycles. The highest BCUT2D eigenvalue weighted by atomic mass is 79.9. The summed E-state index contributed by atoms with van der Waals surface area (Å²) < 4.78 is 0.896. The minimum atomic E-state index is -0.335. The van der Waals surface area contributed by atoms with Crippen LogP contribution in [-0.2, 0) is 6.54 Å². The Kier molecular flexibility index (Phi) is 2.48. The first-order valence-corrected chi connectivity index (χ1v) is 5.23. The molecule has 0 fully saturated rings. The summed E-state index contributed by atoms with van der Waals surface area (Å²) in [6.07, 6.45) is 3.80. The van der Waals surface area contributed by atoms with Crippen molar-refractivity contribution in [1.82, 2.24) is 4.90 Å². The molecule has 1 aliphatic rings. The van der Waals surface area contributed by atoms with Gasteiger partial charge in [-0.3, -0.25) is 10.1 Å². The van der Waals surface area contributed by atoms with Crippen molar-refractivity contribution in [3.63, 3.8) is 0 Å². The van der Waals surface area contributed by atoms with E-state index in [1.165, 1.54) is 6.07 Å². The predicted octanol–water partition coefficient (Wildman–Crippen LogP) is 2.77. The maximum absolute atomic E-state index is 10.8. The van der Waals surface area contributed by atoms with Crippen LogP contribution in [0.25, 0.3) is 6.08 Å². The van der Waals surface area contributed by atoms with Gasteiger partial charge in [-0.25, -0.2) is 0 Å². The van der Waals surface area contributed by atoms with E-state index < -0.39 is 0 Å². The zero-order valence-electron chi connectivity index (χ0n) is 8.11. The van der Waals surface area contributed by atoms with E-state index in [2.05, 4.69) is 15.9 Å². The first-order chi connectivity index (χ1) is 7.09. The van der Waals surface area contributed by atoms with Crippen molar-refractivity contribution in [3.8, 4) is 0 Å². The van der Waals surface area contributed by atoms with Crippen LogP contribution in [0.4, 0.5) is 5.69 Å². The lowest BCUT2D eigenvalue weighted by atomic mass is 10.0. The second-order valence-corrected chi connectivity index (χ2v) is 4.30. The van der Waals surface area contributed by atoms with Crippen molar-refractivity contribution in [2.24, 2.45) is 0 Å². The molecule has 5 heteroatoms. The lowest BCUT2D eigenvalue weighted by Gasteiger charge is -2.21. The van der Waals surface area contributed by atoms with Gasteiger partial charge in [0.2, 0.25) is 0 Å². The van der Waals surface area contributed by atoms with E-state index in [0.29, 0.717) is 6.54 Å². The fourth-order valence-corrected chi connectivity index (χ4v) is 2.15. The molecule has 78 valence electrons. The van der Waals surface area contributed by atoms with Crippen molar-refractivity contribution in [1.29, 1.82) is 0 Å². The molecular formula is C10H9BrN2O2. The fourth-order valence-electron chi connectivity index (χ4n) is 1.65. The Labute approximate surface area is 95.5 Å². The van der Waals surface area contributed by atoms with Crippen molar-refractivity contribution in [3.05, 3.63) is 44.0 Å². The molecule has 15 heavy (non-hydrogen) atoms. The van der Waals surface area contributed by atoms with Gasteiger partial charge in [0, 0.05) is 29.7 Å². The van der Waals surface area contributed by atoms with Gasteiger partial charge in [0.25, 0.3) is 5.69 Å². The maximum Gasteiger partial charge on any atom is 0.275 e. The molecule has 4 nitrogen and oxygen atoms in total. The SMILES string of the molecule is CN1C=Cc2c(Br)ccc([N+](=O)[O-])c2C1. The van der Waals surface area contributed by atoms with E-state index in [1.54, 1.807) is 6.07 Å². The smallest absolute Gasteiger partial charge is 0.275 e. The highest BCUT2D eigenvalue weighted by Gasteiger charge is 2.21. The maximum atomic E-state index is 10.8. The van der Waals surface area contributed by atoms with Crippen molar-refractivity contribution < 1.29 is 4.92 Å². The van der Waals surface area contributed by atoms with Crippen LogP contribution < -0.4 is 0 Å². The molecule has 0 unspecified atom stereocenters. The minimum absolute atomic E-state index is 0.185. The molecule has 0 bridgehead atoms. The van der Waals surface area contributed by atoms with Gasteiger partial charge in [-0.1, -0.05) is 15.9 Å². The number of rotatable bonds is 1. The van der Waals surface area contributed by atoms with E-state index in [1.807, 2.05) is 24.2 Å². The summed E-state index contributed by atoms with van der Waals surface area (Å²) in [5.41, 5.74) is 1.85. The molecule has 0 aromatic heterocycles. The van der Waals surface area contributed by atoms with Crippen LogP contribution in [0.1, 0.15) is 11.1 Å². The number of fused-ring (bicyclic) bond motifs is 1. The predicted molar refractivity (Wildman–Crippen MR) is 61.3 cm³/mol. The molecule has 1 aliphatic heterocycles. The van der Waals surface area contributed by atoms with Gasteiger partial charge in [-0.2, -0.15) is 0 Å². The lowest BCUT2D eigenvalue weighted by molar-refractivity contribution is -0.385. The largest absolute Gasteiger partial charge is 0.376 e. The summed E-state index contributed by atoms with van der Waals surface area (Å²) in [7, 11) is 1.89. The zero-order chi connectivity index (χ0) is 11.0. The minimum Gasteiger partial charge on any atom is -0.376 e. The number of nitro benzene ring substituents is 1. The van der Waals surface area contributed by atoms with E-state index in [9.17, 15) is 10.1 Å². The molecule has 0 saturated carbocycles. The third-order valence-corrected chi connectivity index (χ3v) is 3.07. The number of hydrogen-bond acceptors (Lipinski definition) is 3. The zero-order valence-corrected chi connectivity index (χ0v) is 9.69. The highest BCUT2D eigenvalue weighted by Crippen LogP contribution is 2.33. The van der Waals surface area contributed by atoms with Gasteiger partial charge in [-0.05, 0) is 18.3 Å². The van der Waals surface area contributed by atoms with Crippen molar-refractivity contribution in [2.75, 3.05) is 7.05 Å². The van der Waals surface area contributed by atoms with Gasteiger partial charge in [0.1, 0.15) is 0 Å². The van der Waals surface area contributed by atoms with Gasteiger partial charge in [0.05, 0.1) is 10.5 Å². The third-order valence-electron chi connectivity index (χ3n) is 2.38. The lowest BCUT2D eigenvalue weighted by Crippen LogP contribution is -2.16. The third kappa shape index (κ3) is 1.74. The Balaban J connectivity index is 2.64. The summed E-state index contributed by atoms with van der Waals surface area (Å²) in [6.45, 7) is 0.571. The number of benzene rings is 1. The molecule has 0 spiro atoms. The van der Waals surface area contributed by atoms with Crippen LogP contribution in [0, 0.1) is 10.1 Å². The average molecular weight is 269 g/mol. The van der Waals surface area contributed by atoms with Gasteiger partial charge < -0.3 is 4.90 Å². The quantitative estimate of drug-likeness (QED) is 0.581. The van der Waals surface area contributed by atoms with Crippen LogP contribution in [0.5, 0.6) is 0 Å². The first kappa shape index (κ1) is 10.2. The van der Waals surface area contributed by atoms with E-state index in [-0.39, 0.29) is 10.6 Å². The van der Waals surface area contributed by atoms with Crippen LogP contribution >= 0.6 is 15.9 Å². The van der Waals surface area contributed by atoms with Crippen LogP contribution in [0.3, 0.4) is 0 Å². The molecule has 1 aromatic carbocycles. The van der Waals surface area contributed by atoms with E-state index in [0.717, 1.165) is 15.6 Å². The molecule has 0 amide bonds. The Hall–Kier alpha value is -1.36. The van der Waals surface area contributed by atoms with Gasteiger partial charge >= 0.3 is 0 Å². The monoisotopic (exact) mass is 268 g/mol. The molecule has 2 rings (SSSR count). The second kappa shape index (κ2) is 3.66. The molecule has 0 N–H and O–H groups in total. The normalized spacial score (nSPS) is 13.9. The number of nitrogens with zero attached hydrogens (tertiary/aromatic N) is 2. The summed E-state index contributed by atoms with van der Waals surface area (Å²) >= 11 is 3.39. The van der Waals surface area contributed by atoms with Crippen LogP contribution in [0.15, 0.2) is 22.8 Å². The van der Waals surface area contributed by atoms with E-state index in [4.69, 9.17) is 0 Å². The Bertz CT molecular complexity index is 457. The number of nitro groups is 1. The fraction of sp³-hybridized carbons (Fsp3) is 0.200. The average Bonchev–Trinajstić information content (AvgIpc) is 2.17. The highest BCUT2D eigenvalue weighted by molar-refractivity contribution is 9.10.